The van der Waals surface area contributed by atoms with Gasteiger partial charge in [-0.1, -0.05) is 26.2 Å². The van der Waals surface area contributed by atoms with Crippen LogP contribution in [-0.4, -0.2) is 18.5 Å². The van der Waals surface area contributed by atoms with Gasteiger partial charge in [-0.15, -0.1) is 0 Å². The summed E-state index contributed by atoms with van der Waals surface area (Å²) in [4.78, 5) is 0. The minimum absolute atomic E-state index is 1.17. The van der Waals surface area contributed by atoms with Crippen LogP contribution in [0.3, 0.4) is 0 Å². The van der Waals surface area contributed by atoms with Crippen molar-refractivity contribution in [2.75, 3.05) is 0 Å². The van der Waals surface area contributed by atoms with Gasteiger partial charge in [-0.05, 0) is 19.4 Å². The molecule has 0 atom stereocenters. The zero-order chi connectivity index (χ0) is 17.2. The minimum Gasteiger partial charge on any atom is -0.741 e. The number of aryl methyl sites for hydroxylation is 2. The van der Waals surface area contributed by atoms with Gasteiger partial charge in [0.1, 0.15) is 6.54 Å². The van der Waals surface area contributed by atoms with Crippen molar-refractivity contribution in [2.45, 2.75) is 58.0 Å². The predicted octanol–water partition coefficient (Wildman–Crippen LogP) is 3.30. The Hall–Kier alpha value is -1.15. The van der Waals surface area contributed by atoms with E-state index in [9.17, 15) is 13.2 Å². The van der Waals surface area contributed by atoms with Gasteiger partial charge in [0.15, 0.2) is 22.5 Å². The van der Waals surface area contributed by atoms with Gasteiger partial charge in [-0.2, -0.15) is 13.2 Å². The zero-order valence-corrected chi connectivity index (χ0v) is 13.6. The monoisotopic (exact) mass is 341 g/mol. The molecule has 0 aliphatic heterocycles. The lowest BCUT2D eigenvalue weighted by Crippen LogP contribution is -2.32. The summed E-state index contributed by atoms with van der Waals surface area (Å²) < 4.78 is 61.2. The Morgan fingerprint density at radius 3 is 2.18 bits per heavy atom. The lowest BCUT2D eigenvalue weighted by molar-refractivity contribution is -0.697. The second-order valence-electron chi connectivity index (χ2n) is 4.93. The number of rotatable bonds is 6. The number of pyridine rings is 1. The average Bonchev–Trinajstić information content (AvgIpc) is 2.37. The fraction of sp³-hybridized carbons (Fsp3) is 0.643. The molecule has 0 saturated heterocycles. The van der Waals surface area contributed by atoms with Gasteiger partial charge in [0.25, 0.3) is 0 Å². The number of hydrogen-bond acceptors (Lipinski definition) is 3. The van der Waals surface area contributed by atoms with Crippen molar-refractivity contribution in [3.8, 4) is 0 Å². The lowest BCUT2D eigenvalue weighted by Gasteiger charge is -2.08. The molecule has 128 valence electrons. The van der Waals surface area contributed by atoms with Crippen LogP contribution in [0.25, 0.3) is 0 Å². The van der Waals surface area contributed by atoms with E-state index in [1.807, 2.05) is 0 Å². The first-order chi connectivity index (χ1) is 10.1. The summed E-state index contributed by atoms with van der Waals surface area (Å²) in [5.74, 6) is 0. The van der Waals surface area contributed by atoms with Gasteiger partial charge < -0.3 is 4.55 Å². The molecule has 4 nitrogen and oxygen atoms in total. The molecule has 0 bridgehead atoms. The van der Waals surface area contributed by atoms with E-state index in [0.717, 1.165) is 0 Å². The molecule has 0 aliphatic rings. The zero-order valence-electron chi connectivity index (χ0n) is 12.8. The summed E-state index contributed by atoms with van der Waals surface area (Å²) in [5, 5.41) is 0. The quantitative estimate of drug-likeness (QED) is 0.345. The standard InChI is InChI=1S/C13H22N.CHF3O3S/c1-3-4-5-6-7-10-14-11-8-9-13(2)12-14;2-1(3,4)8(5,6)7/h8-9,11-12H,3-7,10H2,1-2H3;(H,5,6,7)/q+1;/p-1. The van der Waals surface area contributed by atoms with E-state index in [0.29, 0.717) is 0 Å². The number of aromatic nitrogens is 1. The Balaban J connectivity index is 0.000000472. The largest absolute Gasteiger partial charge is 0.741 e. The van der Waals surface area contributed by atoms with Crippen LogP contribution >= 0.6 is 0 Å². The van der Waals surface area contributed by atoms with E-state index < -0.39 is 15.6 Å². The topological polar surface area (TPSA) is 61.1 Å². The van der Waals surface area contributed by atoms with E-state index in [1.54, 1.807) is 0 Å². The van der Waals surface area contributed by atoms with Crippen LogP contribution in [0.1, 0.15) is 44.6 Å². The highest BCUT2D eigenvalue weighted by Gasteiger charge is 2.36. The number of halogens is 3. The van der Waals surface area contributed by atoms with Crippen molar-refractivity contribution < 1.29 is 30.7 Å². The van der Waals surface area contributed by atoms with E-state index in [4.69, 9.17) is 13.0 Å². The predicted molar refractivity (Wildman–Crippen MR) is 75.9 cm³/mol. The molecule has 8 heteroatoms. The Bertz CT molecular complexity index is 530. The van der Waals surface area contributed by atoms with Crippen LogP contribution in [-0.2, 0) is 16.7 Å². The summed E-state index contributed by atoms with van der Waals surface area (Å²) in [5.41, 5.74) is -4.30. The van der Waals surface area contributed by atoms with Crippen LogP contribution in [0.4, 0.5) is 13.2 Å². The van der Waals surface area contributed by atoms with Crippen LogP contribution in [0.15, 0.2) is 24.5 Å². The summed E-state index contributed by atoms with van der Waals surface area (Å²) in [6, 6.07) is 4.27. The summed E-state index contributed by atoms with van der Waals surface area (Å²) >= 11 is 0. The highest BCUT2D eigenvalue weighted by Crippen LogP contribution is 2.20. The Morgan fingerprint density at radius 2 is 1.73 bits per heavy atom. The number of unbranched alkanes of at least 4 members (excludes halogenated alkanes) is 4. The molecule has 0 amide bonds. The highest BCUT2D eigenvalue weighted by molar-refractivity contribution is 7.86. The SMILES string of the molecule is CCCCCCC[n+]1cccc(C)c1.O=S(=O)([O-])C(F)(F)F. The summed E-state index contributed by atoms with van der Waals surface area (Å²) in [6.45, 7) is 5.58. The molecule has 0 saturated carbocycles. The maximum Gasteiger partial charge on any atom is 0.485 e. The molecule has 1 rings (SSSR count). The Labute approximate surface area is 129 Å². The van der Waals surface area contributed by atoms with E-state index in [-0.39, 0.29) is 0 Å². The average molecular weight is 341 g/mol. The normalized spacial score (nSPS) is 11.7. The number of nitrogens with zero attached hydrogens (tertiary/aromatic N) is 1. The maximum atomic E-state index is 10.7. The van der Waals surface area contributed by atoms with Crippen LogP contribution in [0, 0.1) is 6.92 Å². The Morgan fingerprint density at radius 1 is 1.18 bits per heavy atom. The first kappa shape index (κ1) is 20.9. The van der Waals surface area contributed by atoms with Crippen LogP contribution in [0.5, 0.6) is 0 Å². The lowest BCUT2D eigenvalue weighted by atomic mass is 10.1. The molecule has 0 fully saturated rings. The van der Waals surface area contributed by atoms with E-state index in [2.05, 4.69) is 42.9 Å². The molecule has 0 radical (unpaired) electrons. The van der Waals surface area contributed by atoms with Gasteiger partial charge in [-0.25, -0.2) is 13.0 Å². The second-order valence-corrected chi connectivity index (χ2v) is 6.30. The molecular formula is C14H22F3NO3S. The van der Waals surface area contributed by atoms with Crippen molar-refractivity contribution in [1.82, 2.24) is 0 Å². The van der Waals surface area contributed by atoms with Gasteiger partial charge in [0, 0.05) is 18.1 Å². The highest BCUT2D eigenvalue weighted by atomic mass is 32.2. The van der Waals surface area contributed by atoms with E-state index in [1.165, 1.54) is 44.2 Å². The van der Waals surface area contributed by atoms with Crippen LogP contribution in [0.2, 0.25) is 0 Å². The molecule has 0 spiro atoms. The van der Waals surface area contributed by atoms with E-state index >= 15 is 0 Å². The maximum absolute atomic E-state index is 10.7. The van der Waals surface area contributed by atoms with Crippen molar-refractivity contribution >= 4 is 10.1 Å². The third-order valence-corrected chi connectivity index (χ3v) is 3.38. The summed E-state index contributed by atoms with van der Waals surface area (Å²) in [7, 11) is -6.09. The molecule has 1 aromatic rings. The van der Waals surface area contributed by atoms with Gasteiger partial charge >= 0.3 is 5.51 Å². The van der Waals surface area contributed by atoms with Gasteiger partial charge in [0.05, 0.1) is 0 Å². The smallest absolute Gasteiger partial charge is 0.485 e. The van der Waals surface area contributed by atoms with Crippen molar-refractivity contribution in [1.29, 1.82) is 0 Å². The minimum atomic E-state index is -6.09. The van der Waals surface area contributed by atoms with Crippen molar-refractivity contribution in [3.63, 3.8) is 0 Å². The summed E-state index contributed by atoms with van der Waals surface area (Å²) in [6.07, 6.45) is 11.2. The molecule has 0 aromatic carbocycles. The van der Waals surface area contributed by atoms with Crippen molar-refractivity contribution in [3.05, 3.63) is 30.1 Å². The molecular weight excluding hydrogens is 319 g/mol. The third kappa shape index (κ3) is 9.73. The third-order valence-electron chi connectivity index (χ3n) is 2.81. The van der Waals surface area contributed by atoms with Crippen molar-refractivity contribution in [2.24, 2.45) is 0 Å². The molecule has 1 heterocycles. The first-order valence-electron chi connectivity index (χ1n) is 7.05. The molecule has 0 aliphatic carbocycles. The molecule has 1 aromatic heterocycles. The Kier molecular flexibility index (Phi) is 9.27. The van der Waals surface area contributed by atoms with Gasteiger partial charge in [0.2, 0.25) is 0 Å². The fourth-order valence-corrected chi connectivity index (χ4v) is 1.69. The molecule has 0 N–H and O–H groups in total. The number of hydrogen-bond donors (Lipinski definition) is 0. The number of alkyl halides is 3. The fourth-order valence-electron chi connectivity index (χ4n) is 1.69. The first-order valence-corrected chi connectivity index (χ1v) is 8.46. The van der Waals surface area contributed by atoms with Gasteiger partial charge in [-0.3, -0.25) is 0 Å². The molecule has 0 unspecified atom stereocenters. The second kappa shape index (κ2) is 9.78. The molecule has 22 heavy (non-hydrogen) atoms. The van der Waals surface area contributed by atoms with Crippen LogP contribution < -0.4 is 4.57 Å².